The fourth-order valence-electron chi connectivity index (χ4n) is 1.73. The Morgan fingerprint density at radius 1 is 1.50 bits per heavy atom. The number of hydrogen-bond acceptors (Lipinski definition) is 3. The highest BCUT2D eigenvalue weighted by atomic mass is 32.2. The SMILES string of the molecule is C=CCNC(=O)c1cnc(SC)n1-c1ccc(F)cc1. The number of thioether (sulfide) groups is 1. The molecule has 0 unspecified atom stereocenters. The summed E-state index contributed by atoms with van der Waals surface area (Å²) in [5.74, 6) is -0.570. The van der Waals surface area contributed by atoms with E-state index in [4.69, 9.17) is 0 Å². The number of nitrogens with zero attached hydrogens (tertiary/aromatic N) is 2. The monoisotopic (exact) mass is 291 g/mol. The summed E-state index contributed by atoms with van der Waals surface area (Å²) in [6.07, 6.45) is 4.98. The first-order valence-corrected chi connectivity index (χ1v) is 7.16. The third-order valence-electron chi connectivity index (χ3n) is 2.64. The second-order valence-corrected chi connectivity index (χ2v) is 4.71. The van der Waals surface area contributed by atoms with E-state index < -0.39 is 0 Å². The van der Waals surface area contributed by atoms with Gasteiger partial charge in [-0.05, 0) is 30.5 Å². The first-order chi connectivity index (χ1) is 9.67. The van der Waals surface area contributed by atoms with Crippen molar-refractivity contribution in [2.45, 2.75) is 5.16 Å². The number of imidazole rings is 1. The van der Waals surface area contributed by atoms with Crippen LogP contribution in [0.1, 0.15) is 10.5 Å². The van der Waals surface area contributed by atoms with E-state index in [9.17, 15) is 9.18 Å². The number of amides is 1. The quantitative estimate of drug-likeness (QED) is 0.680. The van der Waals surface area contributed by atoms with Gasteiger partial charge >= 0.3 is 0 Å². The fourth-order valence-corrected chi connectivity index (χ4v) is 2.28. The molecule has 0 radical (unpaired) electrons. The van der Waals surface area contributed by atoms with E-state index in [1.807, 2.05) is 6.26 Å². The number of carbonyl (C=O) groups is 1. The van der Waals surface area contributed by atoms with Gasteiger partial charge in [-0.2, -0.15) is 0 Å². The lowest BCUT2D eigenvalue weighted by Gasteiger charge is -2.10. The molecule has 0 aliphatic heterocycles. The summed E-state index contributed by atoms with van der Waals surface area (Å²) in [7, 11) is 0. The van der Waals surface area contributed by atoms with Gasteiger partial charge in [-0.3, -0.25) is 9.36 Å². The molecule has 1 aromatic heterocycles. The molecule has 2 rings (SSSR count). The molecule has 4 nitrogen and oxygen atoms in total. The van der Waals surface area contributed by atoms with E-state index in [1.54, 1.807) is 22.8 Å². The van der Waals surface area contributed by atoms with Gasteiger partial charge in [0.25, 0.3) is 5.91 Å². The molecule has 1 heterocycles. The van der Waals surface area contributed by atoms with E-state index in [2.05, 4.69) is 16.9 Å². The molecule has 0 fully saturated rings. The normalized spacial score (nSPS) is 10.3. The van der Waals surface area contributed by atoms with E-state index in [1.165, 1.54) is 30.1 Å². The molecule has 0 saturated heterocycles. The highest BCUT2D eigenvalue weighted by molar-refractivity contribution is 7.98. The summed E-state index contributed by atoms with van der Waals surface area (Å²) in [5.41, 5.74) is 1.10. The summed E-state index contributed by atoms with van der Waals surface area (Å²) in [6, 6.07) is 5.93. The van der Waals surface area contributed by atoms with E-state index >= 15 is 0 Å². The standard InChI is InChI=1S/C14H14FN3OS/c1-3-8-16-13(19)12-9-17-14(20-2)18(12)11-6-4-10(15)5-7-11/h3-7,9H,1,8H2,2H3,(H,16,19). The number of halogens is 1. The summed E-state index contributed by atoms with van der Waals surface area (Å²) < 4.78 is 14.7. The van der Waals surface area contributed by atoms with Gasteiger partial charge in [0.05, 0.1) is 6.20 Å². The molecule has 1 N–H and O–H groups in total. The maximum absolute atomic E-state index is 13.0. The maximum atomic E-state index is 13.0. The van der Waals surface area contributed by atoms with Crippen molar-refractivity contribution in [3.63, 3.8) is 0 Å². The lowest BCUT2D eigenvalue weighted by atomic mass is 10.3. The Kier molecular flexibility index (Phi) is 4.57. The Bertz CT molecular complexity index is 622. The topological polar surface area (TPSA) is 46.9 Å². The van der Waals surface area contributed by atoms with Crippen LogP contribution in [0.15, 0.2) is 48.3 Å². The molecule has 0 aliphatic carbocycles. The van der Waals surface area contributed by atoms with Crippen molar-refractivity contribution in [1.29, 1.82) is 0 Å². The Morgan fingerprint density at radius 3 is 2.80 bits per heavy atom. The zero-order valence-corrected chi connectivity index (χ0v) is 11.8. The number of carbonyl (C=O) groups excluding carboxylic acids is 1. The summed E-state index contributed by atoms with van der Waals surface area (Å²) in [4.78, 5) is 16.3. The van der Waals surface area contributed by atoms with Gasteiger partial charge in [0.2, 0.25) is 0 Å². The average Bonchev–Trinajstić information content (AvgIpc) is 2.89. The van der Waals surface area contributed by atoms with Crippen LogP contribution in [0.3, 0.4) is 0 Å². The van der Waals surface area contributed by atoms with Crippen molar-refractivity contribution in [2.75, 3.05) is 12.8 Å². The number of aromatic nitrogens is 2. The van der Waals surface area contributed by atoms with Crippen molar-refractivity contribution in [3.8, 4) is 5.69 Å². The molecule has 0 aliphatic rings. The molecule has 0 atom stereocenters. The summed E-state index contributed by atoms with van der Waals surface area (Å²) in [6.45, 7) is 3.93. The van der Waals surface area contributed by atoms with Gasteiger partial charge < -0.3 is 5.32 Å². The minimum atomic E-state index is -0.322. The Balaban J connectivity index is 2.44. The average molecular weight is 291 g/mol. The van der Waals surface area contributed by atoms with Crippen molar-refractivity contribution in [1.82, 2.24) is 14.9 Å². The minimum Gasteiger partial charge on any atom is -0.347 e. The lowest BCUT2D eigenvalue weighted by molar-refractivity contribution is 0.0950. The van der Waals surface area contributed by atoms with Gasteiger partial charge in [-0.1, -0.05) is 17.8 Å². The number of nitrogens with one attached hydrogen (secondary N) is 1. The van der Waals surface area contributed by atoms with Gasteiger partial charge in [0.1, 0.15) is 11.5 Å². The van der Waals surface area contributed by atoms with Gasteiger partial charge in [0, 0.05) is 12.2 Å². The molecular formula is C14H14FN3OS. The second kappa shape index (κ2) is 6.38. The molecule has 1 amide bonds. The molecule has 1 aromatic carbocycles. The molecule has 104 valence electrons. The minimum absolute atomic E-state index is 0.248. The first-order valence-electron chi connectivity index (χ1n) is 5.94. The van der Waals surface area contributed by atoms with Crippen molar-refractivity contribution in [3.05, 3.63) is 54.6 Å². The number of benzene rings is 1. The molecule has 6 heteroatoms. The molecule has 20 heavy (non-hydrogen) atoms. The molecule has 2 aromatic rings. The lowest BCUT2D eigenvalue weighted by Crippen LogP contribution is -2.25. The predicted octanol–water partition coefficient (Wildman–Crippen LogP) is 2.65. The molecular weight excluding hydrogens is 277 g/mol. The molecule has 0 spiro atoms. The first kappa shape index (κ1) is 14.3. The summed E-state index contributed by atoms with van der Waals surface area (Å²) >= 11 is 1.41. The van der Waals surface area contributed by atoms with Crippen molar-refractivity contribution < 1.29 is 9.18 Å². The smallest absolute Gasteiger partial charge is 0.270 e. The van der Waals surface area contributed by atoms with Crippen LogP contribution in [0.2, 0.25) is 0 Å². The van der Waals surface area contributed by atoms with Crippen LogP contribution in [-0.2, 0) is 0 Å². The van der Waals surface area contributed by atoms with Crippen LogP contribution >= 0.6 is 11.8 Å². The van der Waals surface area contributed by atoms with Gasteiger partial charge in [-0.15, -0.1) is 6.58 Å². The van der Waals surface area contributed by atoms with E-state index in [-0.39, 0.29) is 11.7 Å². The fraction of sp³-hybridized carbons (Fsp3) is 0.143. The Hall–Kier alpha value is -2.08. The van der Waals surface area contributed by atoms with Crippen LogP contribution in [0.25, 0.3) is 5.69 Å². The third-order valence-corrected chi connectivity index (χ3v) is 3.29. The van der Waals surface area contributed by atoms with E-state index in [0.717, 1.165) is 0 Å². The van der Waals surface area contributed by atoms with Gasteiger partial charge in [0.15, 0.2) is 5.16 Å². The second-order valence-electron chi connectivity index (χ2n) is 3.94. The van der Waals surface area contributed by atoms with Crippen LogP contribution in [0.4, 0.5) is 4.39 Å². The largest absolute Gasteiger partial charge is 0.347 e. The zero-order valence-electron chi connectivity index (χ0n) is 11.0. The van der Waals surface area contributed by atoms with E-state index in [0.29, 0.717) is 23.1 Å². The zero-order chi connectivity index (χ0) is 14.5. The number of hydrogen-bond donors (Lipinski definition) is 1. The highest BCUT2D eigenvalue weighted by Crippen LogP contribution is 2.21. The predicted molar refractivity (Wildman–Crippen MR) is 77.8 cm³/mol. The number of rotatable bonds is 5. The van der Waals surface area contributed by atoms with Gasteiger partial charge in [-0.25, -0.2) is 9.37 Å². The Labute approximate surface area is 120 Å². The van der Waals surface area contributed by atoms with Crippen LogP contribution < -0.4 is 5.32 Å². The molecule has 0 saturated carbocycles. The Morgan fingerprint density at radius 2 is 2.20 bits per heavy atom. The van der Waals surface area contributed by atoms with Crippen LogP contribution in [-0.4, -0.2) is 28.3 Å². The van der Waals surface area contributed by atoms with Crippen molar-refractivity contribution >= 4 is 17.7 Å². The van der Waals surface area contributed by atoms with Crippen molar-refractivity contribution in [2.24, 2.45) is 0 Å². The van der Waals surface area contributed by atoms with Crippen LogP contribution in [0, 0.1) is 5.82 Å². The molecule has 0 bridgehead atoms. The summed E-state index contributed by atoms with van der Waals surface area (Å²) in [5, 5.41) is 3.37. The highest BCUT2D eigenvalue weighted by Gasteiger charge is 2.17. The third kappa shape index (κ3) is 2.91. The maximum Gasteiger partial charge on any atom is 0.270 e. The van der Waals surface area contributed by atoms with Crippen LogP contribution in [0.5, 0.6) is 0 Å².